The molecule has 3 unspecified atom stereocenters. The van der Waals surface area contributed by atoms with Crippen LogP contribution in [0.3, 0.4) is 0 Å². The number of halogens is 1. The third kappa shape index (κ3) is 3.36. The van der Waals surface area contributed by atoms with Gasteiger partial charge in [-0.25, -0.2) is 0 Å². The number of hydrogen-bond acceptors (Lipinski definition) is 3. The topological polar surface area (TPSA) is 60.7 Å². The Hall–Kier alpha value is 0.610. The van der Waals surface area contributed by atoms with E-state index in [1.165, 1.54) is 23.7 Å². The second kappa shape index (κ2) is 8.19. The zero-order valence-electron chi connectivity index (χ0n) is 18.9. The SMILES string of the molecule is CC[C@H]1[C@@H](O)C2C3CC[C@H]([C@H](C)CCI)[C@@]3(C)C[C@H](O)C2[C@@]2(C)CC[C@@H](O)C[C@@H]12. The monoisotopic (exact) mass is 518 g/mol. The van der Waals surface area contributed by atoms with Crippen LogP contribution in [0, 0.1) is 52.3 Å². The largest absolute Gasteiger partial charge is 0.393 e. The van der Waals surface area contributed by atoms with Gasteiger partial charge in [0.1, 0.15) is 0 Å². The van der Waals surface area contributed by atoms with Gasteiger partial charge in [0.25, 0.3) is 0 Å². The highest BCUT2D eigenvalue weighted by atomic mass is 127. The fourth-order valence-electron chi connectivity index (χ4n) is 9.42. The highest BCUT2D eigenvalue weighted by molar-refractivity contribution is 14.1. The van der Waals surface area contributed by atoms with Gasteiger partial charge in [0.15, 0.2) is 0 Å². The van der Waals surface area contributed by atoms with Crippen LogP contribution in [-0.4, -0.2) is 38.1 Å². The van der Waals surface area contributed by atoms with E-state index < -0.39 is 0 Å². The summed E-state index contributed by atoms with van der Waals surface area (Å²) in [4.78, 5) is 0. The number of aliphatic hydroxyl groups excluding tert-OH is 3. The van der Waals surface area contributed by atoms with E-state index in [0.29, 0.717) is 23.7 Å². The smallest absolute Gasteiger partial charge is 0.0605 e. The summed E-state index contributed by atoms with van der Waals surface area (Å²) >= 11 is 2.50. The molecule has 0 aromatic carbocycles. The van der Waals surface area contributed by atoms with E-state index in [9.17, 15) is 15.3 Å². The Morgan fingerprint density at radius 2 is 1.76 bits per heavy atom. The molecule has 29 heavy (non-hydrogen) atoms. The van der Waals surface area contributed by atoms with Crippen molar-refractivity contribution in [3.63, 3.8) is 0 Å². The number of fused-ring (bicyclic) bond motifs is 5. The third-order valence-electron chi connectivity index (χ3n) is 10.6. The predicted octanol–water partition coefficient (Wildman–Crippen LogP) is 5.05. The van der Waals surface area contributed by atoms with Crippen molar-refractivity contribution in [1.82, 2.24) is 0 Å². The lowest BCUT2D eigenvalue weighted by Gasteiger charge is -2.66. The number of alkyl halides is 1. The van der Waals surface area contributed by atoms with Gasteiger partial charge in [0.2, 0.25) is 0 Å². The van der Waals surface area contributed by atoms with Crippen molar-refractivity contribution in [2.24, 2.45) is 52.3 Å². The molecule has 0 aromatic rings. The summed E-state index contributed by atoms with van der Waals surface area (Å²) in [5.41, 5.74) is 0.207. The van der Waals surface area contributed by atoms with Crippen molar-refractivity contribution < 1.29 is 15.3 Å². The van der Waals surface area contributed by atoms with Crippen LogP contribution in [0.25, 0.3) is 0 Å². The average Bonchev–Trinajstić information content (AvgIpc) is 3.00. The van der Waals surface area contributed by atoms with Gasteiger partial charge in [-0.2, -0.15) is 0 Å². The minimum Gasteiger partial charge on any atom is -0.393 e. The van der Waals surface area contributed by atoms with Crippen LogP contribution in [0.15, 0.2) is 0 Å². The number of aliphatic hydroxyl groups is 3. The Bertz CT molecular complexity index is 599. The first-order valence-electron chi connectivity index (χ1n) is 12.3. The molecule has 0 saturated heterocycles. The summed E-state index contributed by atoms with van der Waals surface area (Å²) in [5.74, 6) is 2.91. The van der Waals surface area contributed by atoms with Crippen LogP contribution in [0.2, 0.25) is 0 Å². The molecule has 0 aliphatic heterocycles. The Labute approximate surface area is 191 Å². The fraction of sp³-hybridized carbons (Fsp3) is 1.00. The molecule has 4 aliphatic carbocycles. The number of rotatable bonds is 4. The van der Waals surface area contributed by atoms with Gasteiger partial charge in [-0.1, -0.05) is 56.7 Å². The van der Waals surface area contributed by atoms with E-state index in [1.54, 1.807) is 0 Å². The molecule has 4 aliphatic rings. The molecule has 0 radical (unpaired) electrons. The maximum atomic E-state index is 11.7. The quantitative estimate of drug-likeness (QED) is 0.361. The summed E-state index contributed by atoms with van der Waals surface area (Å²) in [6.45, 7) is 9.48. The Balaban J connectivity index is 1.72. The van der Waals surface area contributed by atoms with Gasteiger partial charge < -0.3 is 15.3 Å². The van der Waals surface area contributed by atoms with Crippen molar-refractivity contribution >= 4 is 22.6 Å². The lowest BCUT2D eigenvalue weighted by atomic mass is 9.40. The molecule has 4 heteroatoms. The molecule has 3 N–H and O–H groups in total. The summed E-state index contributed by atoms with van der Waals surface area (Å²) in [6, 6.07) is 0. The zero-order chi connectivity index (χ0) is 21.1. The maximum Gasteiger partial charge on any atom is 0.0605 e. The van der Waals surface area contributed by atoms with E-state index in [0.717, 1.165) is 32.1 Å². The van der Waals surface area contributed by atoms with Gasteiger partial charge in [-0.15, -0.1) is 0 Å². The lowest BCUT2D eigenvalue weighted by Crippen LogP contribution is -2.65. The molecule has 12 atom stereocenters. The van der Waals surface area contributed by atoms with E-state index >= 15 is 0 Å². The highest BCUT2D eigenvalue weighted by Gasteiger charge is 2.67. The normalized spacial score (nSPS) is 55.7. The van der Waals surface area contributed by atoms with E-state index in [1.807, 2.05) is 0 Å². The van der Waals surface area contributed by atoms with Gasteiger partial charge in [-0.3, -0.25) is 0 Å². The Morgan fingerprint density at radius 1 is 1.03 bits per heavy atom. The van der Waals surface area contributed by atoms with Gasteiger partial charge in [0, 0.05) is 0 Å². The molecular formula is C25H43IO3. The van der Waals surface area contributed by atoms with Crippen molar-refractivity contribution in [3.05, 3.63) is 0 Å². The first kappa shape index (κ1) is 22.8. The molecule has 0 spiro atoms. The first-order chi connectivity index (χ1) is 13.7. The van der Waals surface area contributed by atoms with Crippen molar-refractivity contribution in [2.75, 3.05) is 4.43 Å². The van der Waals surface area contributed by atoms with Crippen LogP contribution in [0.5, 0.6) is 0 Å². The van der Waals surface area contributed by atoms with Gasteiger partial charge in [-0.05, 0) is 102 Å². The summed E-state index contributed by atoms with van der Waals surface area (Å²) in [7, 11) is 0. The van der Waals surface area contributed by atoms with E-state index in [-0.39, 0.29) is 46.9 Å². The zero-order valence-corrected chi connectivity index (χ0v) is 21.0. The third-order valence-corrected chi connectivity index (χ3v) is 11.3. The Morgan fingerprint density at radius 3 is 2.41 bits per heavy atom. The molecule has 3 nitrogen and oxygen atoms in total. The molecular weight excluding hydrogens is 475 g/mol. The molecule has 4 rings (SSSR count). The van der Waals surface area contributed by atoms with Crippen LogP contribution >= 0.6 is 22.6 Å². The van der Waals surface area contributed by atoms with Crippen molar-refractivity contribution in [1.29, 1.82) is 0 Å². The molecule has 0 aromatic heterocycles. The predicted molar refractivity (Wildman–Crippen MR) is 126 cm³/mol. The summed E-state index contributed by atoms with van der Waals surface area (Å²) in [5, 5.41) is 33.8. The lowest BCUT2D eigenvalue weighted by molar-refractivity contribution is -0.235. The molecule has 4 saturated carbocycles. The van der Waals surface area contributed by atoms with Crippen LogP contribution in [-0.2, 0) is 0 Å². The molecule has 0 heterocycles. The van der Waals surface area contributed by atoms with Crippen LogP contribution < -0.4 is 0 Å². The first-order valence-corrected chi connectivity index (χ1v) is 13.8. The molecule has 0 bridgehead atoms. The number of hydrogen-bond donors (Lipinski definition) is 3. The Kier molecular flexibility index (Phi) is 6.44. The minimum absolute atomic E-state index is 0.0520. The van der Waals surface area contributed by atoms with Crippen molar-refractivity contribution in [3.8, 4) is 0 Å². The van der Waals surface area contributed by atoms with Crippen LogP contribution in [0.1, 0.15) is 79.1 Å². The standard InChI is InChI=1S/C25H43IO3/c1-5-16-19-12-15(27)8-10-24(19,3)22-20(28)13-25(4)17(14(2)9-11-26)6-7-18(25)21(22)23(16)29/h14-23,27-29H,5-13H2,1-4H3/t14-,15-,16-,17-,18?,19+,20+,21?,22?,23-,24+,25-/m1/s1. The van der Waals surface area contributed by atoms with E-state index in [4.69, 9.17) is 0 Å². The van der Waals surface area contributed by atoms with E-state index in [2.05, 4.69) is 50.3 Å². The minimum atomic E-state index is -0.328. The second-order valence-electron chi connectivity index (χ2n) is 11.7. The van der Waals surface area contributed by atoms with Crippen LogP contribution in [0.4, 0.5) is 0 Å². The average molecular weight is 519 g/mol. The highest BCUT2D eigenvalue weighted by Crippen LogP contribution is 2.69. The fourth-order valence-corrected chi connectivity index (χ4v) is 10.4. The maximum absolute atomic E-state index is 11.7. The molecule has 168 valence electrons. The summed E-state index contributed by atoms with van der Waals surface area (Å²) in [6.07, 6.45) is 7.40. The molecule has 4 fully saturated rings. The van der Waals surface area contributed by atoms with Gasteiger partial charge in [0.05, 0.1) is 18.3 Å². The van der Waals surface area contributed by atoms with Gasteiger partial charge >= 0.3 is 0 Å². The molecule has 0 amide bonds. The van der Waals surface area contributed by atoms with Crippen molar-refractivity contribution in [2.45, 2.75) is 97.4 Å². The second-order valence-corrected chi connectivity index (χ2v) is 12.8. The summed E-state index contributed by atoms with van der Waals surface area (Å²) < 4.78 is 1.20.